The van der Waals surface area contributed by atoms with Gasteiger partial charge in [0.2, 0.25) is 0 Å². The zero-order valence-electron chi connectivity index (χ0n) is 10.2. The fourth-order valence-corrected chi connectivity index (χ4v) is 2.08. The van der Waals surface area contributed by atoms with Crippen molar-refractivity contribution in [3.63, 3.8) is 0 Å². The van der Waals surface area contributed by atoms with E-state index in [0.29, 0.717) is 6.04 Å². The molecule has 0 spiro atoms. The zero-order chi connectivity index (χ0) is 11.3. The van der Waals surface area contributed by atoms with Crippen molar-refractivity contribution in [3.05, 3.63) is 0 Å². The van der Waals surface area contributed by atoms with Gasteiger partial charge in [-0.2, -0.15) is 0 Å². The molecular formula is C12H26N2O. The summed E-state index contributed by atoms with van der Waals surface area (Å²) in [5.74, 6) is 0. The van der Waals surface area contributed by atoms with E-state index in [-0.39, 0.29) is 12.0 Å². The van der Waals surface area contributed by atoms with Crippen LogP contribution < -0.4 is 5.73 Å². The average molecular weight is 214 g/mol. The Balaban J connectivity index is 2.48. The number of aliphatic hydroxyl groups is 1. The number of aliphatic hydroxyl groups excluding tert-OH is 1. The fourth-order valence-electron chi connectivity index (χ4n) is 2.08. The monoisotopic (exact) mass is 214 g/mol. The molecule has 1 unspecified atom stereocenters. The summed E-state index contributed by atoms with van der Waals surface area (Å²) in [5, 5.41) is 9.07. The van der Waals surface area contributed by atoms with Crippen LogP contribution in [-0.4, -0.2) is 42.3 Å². The topological polar surface area (TPSA) is 49.5 Å². The van der Waals surface area contributed by atoms with Gasteiger partial charge >= 0.3 is 0 Å². The third-order valence-electron chi connectivity index (χ3n) is 3.91. The molecule has 15 heavy (non-hydrogen) atoms. The number of hydrogen-bond donors (Lipinski definition) is 2. The maximum Gasteiger partial charge on any atom is 0.0558 e. The van der Waals surface area contributed by atoms with E-state index in [1.807, 2.05) is 0 Å². The zero-order valence-corrected chi connectivity index (χ0v) is 10.2. The number of hydrogen-bond acceptors (Lipinski definition) is 3. The van der Waals surface area contributed by atoms with E-state index in [1.54, 1.807) is 0 Å². The molecule has 0 aromatic heterocycles. The quantitative estimate of drug-likeness (QED) is 0.669. The molecule has 0 aromatic rings. The Morgan fingerprint density at radius 3 is 2.47 bits per heavy atom. The third-order valence-corrected chi connectivity index (χ3v) is 3.91. The van der Waals surface area contributed by atoms with Gasteiger partial charge in [-0.25, -0.2) is 0 Å². The van der Waals surface area contributed by atoms with E-state index in [9.17, 15) is 0 Å². The van der Waals surface area contributed by atoms with Gasteiger partial charge in [-0.1, -0.05) is 20.3 Å². The molecule has 0 heterocycles. The molecule has 0 aliphatic heterocycles. The predicted octanol–water partition coefficient (Wildman–Crippen LogP) is 1.21. The van der Waals surface area contributed by atoms with Crippen molar-refractivity contribution in [1.29, 1.82) is 0 Å². The molecule has 1 fully saturated rings. The number of nitrogens with two attached hydrogens (primary N) is 1. The van der Waals surface area contributed by atoms with E-state index in [4.69, 9.17) is 10.8 Å². The second kappa shape index (κ2) is 5.83. The highest BCUT2D eigenvalue weighted by molar-refractivity contribution is 4.85. The maximum absolute atomic E-state index is 9.07. The molecule has 1 saturated carbocycles. The van der Waals surface area contributed by atoms with Crippen molar-refractivity contribution in [1.82, 2.24) is 4.90 Å². The van der Waals surface area contributed by atoms with Crippen molar-refractivity contribution in [3.8, 4) is 0 Å². The molecule has 1 atom stereocenters. The molecule has 0 radical (unpaired) electrons. The van der Waals surface area contributed by atoms with E-state index in [0.717, 1.165) is 26.1 Å². The second-order valence-electron chi connectivity index (χ2n) is 5.15. The van der Waals surface area contributed by atoms with Crippen LogP contribution in [-0.2, 0) is 0 Å². The molecule has 3 N–H and O–H groups in total. The van der Waals surface area contributed by atoms with E-state index in [1.165, 1.54) is 19.3 Å². The van der Waals surface area contributed by atoms with E-state index < -0.39 is 0 Å². The first-order valence-corrected chi connectivity index (χ1v) is 6.20. The smallest absolute Gasteiger partial charge is 0.0558 e. The average Bonchev–Trinajstić information content (AvgIpc) is 2.15. The van der Waals surface area contributed by atoms with Gasteiger partial charge in [0.1, 0.15) is 0 Å². The minimum atomic E-state index is 0.213. The largest absolute Gasteiger partial charge is 0.395 e. The first-order valence-electron chi connectivity index (χ1n) is 6.20. The summed E-state index contributed by atoms with van der Waals surface area (Å²) >= 11 is 0. The molecule has 0 bridgehead atoms. The molecule has 1 rings (SSSR count). The Hall–Kier alpha value is -0.120. The lowest BCUT2D eigenvalue weighted by molar-refractivity contribution is 0.0597. The van der Waals surface area contributed by atoms with Crippen molar-refractivity contribution in [2.24, 2.45) is 11.1 Å². The predicted molar refractivity (Wildman–Crippen MR) is 63.8 cm³/mol. The summed E-state index contributed by atoms with van der Waals surface area (Å²) in [6.45, 7) is 7.28. The Kier molecular flexibility index (Phi) is 5.03. The SMILES string of the molecule is CCC(C)(CN)CN(CCO)C1CCC1. The van der Waals surface area contributed by atoms with Crippen LogP contribution in [0, 0.1) is 5.41 Å². The van der Waals surface area contributed by atoms with Gasteiger partial charge in [-0.05, 0) is 31.2 Å². The lowest BCUT2D eigenvalue weighted by Gasteiger charge is -2.42. The molecule has 1 aliphatic carbocycles. The van der Waals surface area contributed by atoms with Gasteiger partial charge in [-0.15, -0.1) is 0 Å². The van der Waals surface area contributed by atoms with Crippen LogP contribution in [0.3, 0.4) is 0 Å². The van der Waals surface area contributed by atoms with Crippen LogP contribution >= 0.6 is 0 Å². The van der Waals surface area contributed by atoms with Crippen LogP contribution in [0.25, 0.3) is 0 Å². The summed E-state index contributed by atoms with van der Waals surface area (Å²) < 4.78 is 0. The Bertz CT molecular complexity index is 176. The Labute approximate surface area is 93.6 Å². The molecule has 3 heteroatoms. The van der Waals surface area contributed by atoms with Crippen molar-refractivity contribution in [2.75, 3.05) is 26.2 Å². The Morgan fingerprint density at radius 2 is 2.13 bits per heavy atom. The number of nitrogens with zero attached hydrogens (tertiary/aromatic N) is 1. The molecule has 1 aliphatic rings. The highest BCUT2D eigenvalue weighted by atomic mass is 16.3. The van der Waals surface area contributed by atoms with Crippen molar-refractivity contribution < 1.29 is 5.11 Å². The lowest BCUT2D eigenvalue weighted by Crippen LogP contribution is -2.48. The van der Waals surface area contributed by atoms with Crippen LogP contribution in [0.15, 0.2) is 0 Å². The molecule has 0 aromatic carbocycles. The van der Waals surface area contributed by atoms with Crippen molar-refractivity contribution in [2.45, 2.75) is 45.6 Å². The van der Waals surface area contributed by atoms with Crippen LogP contribution in [0.4, 0.5) is 0 Å². The third kappa shape index (κ3) is 3.44. The minimum absolute atomic E-state index is 0.213. The van der Waals surface area contributed by atoms with Gasteiger partial charge in [0.25, 0.3) is 0 Å². The summed E-state index contributed by atoms with van der Waals surface area (Å²) in [4.78, 5) is 2.43. The fraction of sp³-hybridized carbons (Fsp3) is 1.00. The first-order chi connectivity index (χ1) is 7.15. The normalized spacial score (nSPS) is 21.4. The second-order valence-corrected chi connectivity index (χ2v) is 5.15. The van der Waals surface area contributed by atoms with Gasteiger partial charge in [0.05, 0.1) is 6.61 Å². The summed E-state index contributed by atoms with van der Waals surface area (Å²) in [6, 6.07) is 0.703. The van der Waals surface area contributed by atoms with E-state index >= 15 is 0 Å². The van der Waals surface area contributed by atoms with E-state index in [2.05, 4.69) is 18.7 Å². The standard InChI is InChI=1S/C12H26N2O/c1-3-12(2,9-13)10-14(7-8-15)11-5-4-6-11/h11,15H,3-10,13H2,1-2H3. The molecule has 0 amide bonds. The maximum atomic E-state index is 9.07. The van der Waals surface area contributed by atoms with Crippen LogP contribution in [0.1, 0.15) is 39.5 Å². The highest BCUT2D eigenvalue weighted by Crippen LogP contribution is 2.29. The van der Waals surface area contributed by atoms with Gasteiger partial charge < -0.3 is 10.8 Å². The highest BCUT2D eigenvalue weighted by Gasteiger charge is 2.30. The first kappa shape index (κ1) is 12.9. The summed E-state index contributed by atoms with van der Waals surface area (Å²) in [7, 11) is 0. The van der Waals surface area contributed by atoms with Crippen LogP contribution in [0.5, 0.6) is 0 Å². The molecule has 3 nitrogen and oxygen atoms in total. The number of rotatable bonds is 7. The molecule has 90 valence electrons. The minimum Gasteiger partial charge on any atom is -0.395 e. The van der Waals surface area contributed by atoms with Gasteiger partial charge in [0.15, 0.2) is 0 Å². The Morgan fingerprint density at radius 1 is 1.47 bits per heavy atom. The van der Waals surface area contributed by atoms with Crippen LogP contribution in [0.2, 0.25) is 0 Å². The summed E-state index contributed by atoms with van der Waals surface area (Å²) in [5.41, 5.74) is 6.05. The lowest BCUT2D eigenvalue weighted by atomic mass is 9.84. The summed E-state index contributed by atoms with van der Waals surface area (Å²) in [6.07, 6.45) is 5.05. The van der Waals surface area contributed by atoms with Gasteiger partial charge in [0, 0.05) is 19.1 Å². The molecule has 0 saturated heterocycles. The molecular weight excluding hydrogens is 188 g/mol. The van der Waals surface area contributed by atoms with Crippen molar-refractivity contribution >= 4 is 0 Å². The van der Waals surface area contributed by atoms with Gasteiger partial charge in [-0.3, -0.25) is 4.90 Å².